The zero-order chi connectivity index (χ0) is 26.3. The maximum absolute atomic E-state index is 13.7. The molecule has 37 heavy (non-hydrogen) atoms. The number of fused-ring (bicyclic) bond motifs is 1. The molecular weight excluding hydrogens is 488 g/mol. The highest BCUT2D eigenvalue weighted by atomic mass is 19.4. The molecule has 5 rings (SSSR count). The second-order valence-corrected chi connectivity index (χ2v) is 8.49. The molecule has 10 heteroatoms. The molecule has 0 bridgehead atoms. The largest absolute Gasteiger partial charge is 0.485 e. The Bertz CT molecular complexity index is 1690. The van der Waals surface area contributed by atoms with Gasteiger partial charge in [0.15, 0.2) is 11.4 Å². The minimum absolute atomic E-state index is 0.141. The van der Waals surface area contributed by atoms with Gasteiger partial charge >= 0.3 is 6.18 Å². The highest BCUT2D eigenvalue weighted by molar-refractivity contribution is 5.65. The Morgan fingerprint density at radius 1 is 0.973 bits per heavy atom. The van der Waals surface area contributed by atoms with Gasteiger partial charge in [-0.05, 0) is 67.9 Å². The first-order chi connectivity index (χ1) is 17.6. The number of aryl methyl sites for hydroxylation is 2. The molecule has 3 aromatic heterocycles. The minimum atomic E-state index is -4.46. The van der Waals surface area contributed by atoms with Crippen LogP contribution in [0.1, 0.15) is 22.5 Å². The quantitative estimate of drug-likeness (QED) is 0.277. The first-order valence-corrected chi connectivity index (χ1v) is 11.3. The fourth-order valence-corrected chi connectivity index (χ4v) is 4.12. The number of hydrogen-bond acceptors (Lipinski definition) is 4. The van der Waals surface area contributed by atoms with Gasteiger partial charge in [0, 0.05) is 11.9 Å². The van der Waals surface area contributed by atoms with E-state index in [-0.39, 0.29) is 23.6 Å². The fraction of sp³-hybridized carbons (Fsp3) is 0.148. The highest BCUT2D eigenvalue weighted by Gasteiger charge is 2.30. The van der Waals surface area contributed by atoms with Gasteiger partial charge in [-0.25, -0.2) is 14.1 Å². The van der Waals surface area contributed by atoms with E-state index in [2.05, 4.69) is 10.1 Å². The van der Waals surface area contributed by atoms with Crippen LogP contribution in [0.25, 0.3) is 22.6 Å². The van der Waals surface area contributed by atoms with Crippen LogP contribution >= 0.6 is 0 Å². The molecule has 188 valence electrons. The van der Waals surface area contributed by atoms with Crippen LogP contribution in [-0.4, -0.2) is 19.2 Å². The molecule has 5 aromatic rings. The van der Waals surface area contributed by atoms with Crippen molar-refractivity contribution in [2.45, 2.75) is 26.6 Å². The van der Waals surface area contributed by atoms with Crippen LogP contribution in [0.15, 0.2) is 77.7 Å². The van der Waals surface area contributed by atoms with Crippen molar-refractivity contribution in [3.8, 4) is 22.7 Å². The van der Waals surface area contributed by atoms with Crippen LogP contribution in [0.3, 0.4) is 0 Å². The molecule has 0 unspecified atom stereocenters. The predicted molar refractivity (Wildman–Crippen MR) is 129 cm³/mol. The lowest BCUT2D eigenvalue weighted by molar-refractivity contribution is -0.137. The topological polar surface area (TPSA) is 61.4 Å². The molecule has 0 amide bonds. The second-order valence-electron chi connectivity index (χ2n) is 8.49. The third-order valence-corrected chi connectivity index (χ3v) is 5.84. The molecule has 0 radical (unpaired) electrons. The molecule has 0 spiro atoms. The number of pyridine rings is 1. The number of alkyl halides is 3. The SMILES string of the molecule is Cc1nc2c(OCc3cccc(C(F)(F)F)c3)cccn2c(=O)c1-c1cc(C)n(-c2cccc(F)c2)n1. The molecule has 0 aliphatic carbocycles. The molecule has 0 saturated carbocycles. The van der Waals surface area contributed by atoms with Crippen molar-refractivity contribution in [1.29, 1.82) is 0 Å². The molecule has 0 atom stereocenters. The maximum Gasteiger partial charge on any atom is 0.416 e. The van der Waals surface area contributed by atoms with Crippen molar-refractivity contribution >= 4 is 5.65 Å². The third-order valence-electron chi connectivity index (χ3n) is 5.84. The Hall–Kier alpha value is -4.47. The smallest absolute Gasteiger partial charge is 0.416 e. The van der Waals surface area contributed by atoms with Crippen LogP contribution in [0.2, 0.25) is 0 Å². The van der Waals surface area contributed by atoms with Crippen molar-refractivity contribution in [2.24, 2.45) is 0 Å². The average Bonchev–Trinajstić information content (AvgIpc) is 3.23. The first-order valence-electron chi connectivity index (χ1n) is 11.3. The Morgan fingerprint density at radius 2 is 1.76 bits per heavy atom. The van der Waals surface area contributed by atoms with Gasteiger partial charge in [0.2, 0.25) is 0 Å². The van der Waals surface area contributed by atoms with E-state index < -0.39 is 23.1 Å². The summed E-state index contributed by atoms with van der Waals surface area (Å²) in [7, 11) is 0. The summed E-state index contributed by atoms with van der Waals surface area (Å²) in [6.07, 6.45) is -2.93. The molecule has 2 aromatic carbocycles. The van der Waals surface area contributed by atoms with E-state index in [4.69, 9.17) is 4.74 Å². The molecule has 0 fully saturated rings. The average molecular weight is 508 g/mol. The number of hydrogen-bond donors (Lipinski definition) is 0. The number of ether oxygens (including phenoxy) is 1. The lowest BCUT2D eigenvalue weighted by atomic mass is 10.1. The van der Waals surface area contributed by atoms with Crippen molar-refractivity contribution in [1.82, 2.24) is 19.2 Å². The number of nitrogens with zero attached hydrogens (tertiary/aromatic N) is 4. The molecule has 6 nitrogen and oxygen atoms in total. The van der Waals surface area contributed by atoms with E-state index in [1.807, 2.05) is 0 Å². The van der Waals surface area contributed by atoms with E-state index in [0.29, 0.717) is 28.3 Å². The third kappa shape index (κ3) is 4.69. The van der Waals surface area contributed by atoms with Crippen molar-refractivity contribution in [3.05, 3.63) is 112 Å². The van der Waals surface area contributed by atoms with E-state index in [1.165, 1.54) is 34.9 Å². The standard InChI is InChI=1S/C27H20F4N4O2/c1-16-12-22(33-35(16)21-9-4-8-20(28)14-21)24-17(2)32-25-23(10-5-11-34(25)26(24)36)37-15-18-6-3-7-19(13-18)27(29,30)31/h3-14H,15H2,1-2H3. The van der Waals surface area contributed by atoms with Gasteiger partial charge in [0.05, 0.1) is 22.5 Å². The minimum Gasteiger partial charge on any atom is -0.485 e. The highest BCUT2D eigenvalue weighted by Crippen LogP contribution is 2.30. The zero-order valence-corrected chi connectivity index (χ0v) is 19.8. The van der Waals surface area contributed by atoms with Crippen molar-refractivity contribution in [3.63, 3.8) is 0 Å². The van der Waals surface area contributed by atoms with Crippen LogP contribution < -0.4 is 10.3 Å². The van der Waals surface area contributed by atoms with Crippen LogP contribution in [0.5, 0.6) is 5.75 Å². The summed E-state index contributed by atoms with van der Waals surface area (Å²) in [4.78, 5) is 18.0. The van der Waals surface area contributed by atoms with E-state index in [0.717, 1.165) is 12.1 Å². The summed E-state index contributed by atoms with van der Waals surface area (Å²) >= 11 is 0. The zero-order valence-electron chi connectivity index (χ0n) is 19.8. The number of rotatable bonds is 5. The Balaban J connectivity index is 1.51. The van der Waals surface area contributed by atoms with Crippen molar-refractivity contribution < 1.29 is 22.3 Å². The molecule has 0 N–H and O–H groups in total. The van der Waals surface area contributed by atoms with Crippen LogP contribution in [-0.2, 0) is 12.8 Å². The summed E-state index contributed by atoms with van der Waals surface area (Å²) in [5.41, 5.74) is 1.64. The lowest BCUT2D eigenvalue weighted by Crippen LogP contribution is -2.19. The second kappa shape index (κ2) is 9.20. The number of halogens is 4. The van der Waals surface area contributed by atoms with Gasteiger partial charge in [-0.2, -0.15) is 18.3 Å². The number of aromatic nitrogens is 4. The van der Waals surface area contributed by atoms with Crippen LogP contribution in [0, 0.1) is 19.7 Å². The van der Waals surface area contributed by atoms with Gasteiger partial charge in [-0.1, -0.05) is 18.2 Å². The van der Waals surface area contributed by atoms with E-state index in [1.54, 1.807) is 48.9 Å². The normalized spacial score (nSPS) is 11.7. The summed E-state index contributed by atoms with van der Waals surface area (Å²) in [6, 6.07) is 15.7. The monoisotopic (exact) mass is 508 g/mol. The Morgan fingerprint density at radius 3 is 2.51 bits per heavy atom. The van der Waals surface area contributed by atoms with Crippen LogP contribution in [0.4, 0.5) is 17.6 Å². The molecular formula is C27H20F4N4O2. The summed E-state index contributed by atoms with van der Waals surface area (Å²) in [6.45, 7) is 3.32. The fourth-order valence-electron chi connectivity index (χ4n) is 4.12. The van der Waals surface area contributed by atoms with Gasteiger partial charge in [-0.3, -0.25) is 9.20 Å². The summed E-state index contributed by atoms with van der Waals surface area (Å²) in [5, 5.41) is 4.52. The first kappa shape index (κ1) is 24.2. The summed E-state index contributed by atoms with van der Waals surface area (Å²) in [5.74, 6) is -0.164. The van der Waals surface area contributed by atoms with Crippen molar-refractivity contribution in [2.75, 3.05) is 0 Å². The molecule has 0 aliphatic heterocycles. The Kier molecular flexibility index (Phi) is 6.02. The lowest BCUT2D eigenvalue weighted by Gasteiger charge is -2.13. The molecule has 0 saturated heterocycles. The van der Waals surface area contributed by atoms with Gasteiger partial charge in [-0.15, -0.1) is 0 Å². The van der Waals surface area contributed by atoms with Gasteiger partial charge in [0.25, 0.3) is 5.56 Å². The summed E-state index contributed by atoms with van der Waals surface area (Å²) < 4.78 is 61.5. The molecule has 0 aliphatic rings. The van der Waals surface area contributed by atoms with E-state index >= 15 is 0 Å². The number of benzene rings is 2. The van der Waals surface area contributed by atoms with Gasteiger partial charge < -0.3 is 4.74 Å². The maximum atomic E-state index is 13.7. The Labute approximate surface area is 208 Å². The predicted octanol–water partition coefficient (Wildman–Crippen LogP) is 5.90. The molecule has 3 heterocycles. The van der Waals surface area contributed by atoms with E-state index in [9.17, 15) is 22.4 Å². The van der Waals surface area contributed by atoms with Gasteiger partial charge in [0.1, 0.15) is 18.1 Å².